The average molecular weight is 641 g/mol. The Balaban J connectivity index is 1.29. The molecule has 9 heteroatoms. The molecule has 0 aliphatic carbocycles. The summed E-state index contributed by atoms with van der Waals surface area (Å²) in [6.45, 7) is 12.8. The maximum atomic E-state index is 14.4. The van der Waals surface area contributed by atoms with Crippen molar-refractivity contribution < 1.29 is 17.6 Å². The van der Waals surface area contributed by atoms with Crippen molar-refractivity contribution in [3.05, 3.63) is 120 Å². The highest BCUT2D eigenvalue weighted by molar-refractivity contribution is 7.89. The van der Waals surface area contributed by atoms with Crippen LogP contribution in [0.4, 0.5) is 15.8 Å². The summed E-state index contributed by atoms with van der Waals surface area (Å²) in [5.74, 6) is -0.471. The standard InChI is InChI=1S/C37H41FN4O3S/c1-5-36(32-12-8-10-29-9-6-7-11-31(29)32)46(44,45)41-21-22-42(33-16-15-30(38)24-28(33)4)35(25-41)37(43)40-19-17-39(18-20-40)34-23-26(2)13-14-27(34)3/h5-16,23-24,35-36H,1,17-22,25H2,2-4H3. The van der Waals surface area contributed by atoms with Crippen LogP contribution in [0.2, 0.25) is 0 Å². The van der Waals surface area contributed by atoms with E-state index >= 15 is 0 Å². The molecule has 2 unspecified atom stereocenters. The molecule has 0 bridgehead atoms. The van der Waals surface area contributed by atoms with Crippen LogP contribution in [-0.4, -0.2) is 75.4 Å². The highest BCUT2D eigenvalue weighted by Gasteiger charge is 2.42. The van der Waals surface area contributed by atoms with E-state index in [2.05, 4.69) is 43.5 Å². The van der Waals surface area contributed by atoms with Gasteiger partial charge in [0.25, 0.3) is 0 Å². The second-order valence-corrected chi connectivity index (χ2v) is 14.4. The normalized spacial score (nSPS) is 18.5. The summed E-state index contributed by atoms with van der Waals surface area (Å²) in [6.07, 6.45) is 1.48. The smallest absolute Gasteiger partial charge is 0.246 e. The number of amides is 1. The quantitative estimate of drug-likeness (QED) is 0.232. The summed E-state index contributed by atoms with van der Waals surface area (Å²) in [4.78, 5) is 20.5. The Morgan fingerprint density at radius 3 is 2.33 bits per heavy atom. The number of halogens is 1. The molecule has 2 heterocycles. The number of piperazine rings is 2. The van der Waals surface area contributed by atoms with Crippen molar-refractivity contribution in [1.29, 1.82) is 0 Å². The summed E-state index contributed by atoms with van der Waals surface area (Å²) < 4.78 is 44.3. The van der Waals surface area contributed by atoms with Gasteiger partial charge in [0.1, 0.15) is 17.1 Å². The molecule has 0 aromatic heterocycles. The lowest BCUT2D eigenvalue weighted by Crippen LogP contribution is -2.63. The van der Waals surface area contributed by atoms with E-state index in [1.54, 1.807) is 6.07 Å². The predicted octanol–water partition coefficient (Wildman–Crippen LogP) is 6.00. The molecule has 2 saturated heterocycles. The van der Waals surface area contributed by atoms with Crippen molar-refractivity contribution in [3.8, 4) is 0 Å². The van der Waals surface area contributed by atoms with Crippen LogP contribution in [0.5, 0.6) is 0 Å². The minimum atomic E-state index is -3.94. The number of benzene rings is 4. The van der Waals surface area contributed by atoms with Crippen LogP contribution in [-0.2, 0) is 14.8 Å². The summed E-state index contributed by atoms with van der Waals surface area (Å²) in [6, 6.07) is 23.6. The van der Waals surface area contributed by atoms with Crippen LogP contribution < -0.4 is 9.80 Å². The lowest BCUT2D eigenvalue weighted by molar-refractivity contribution is -0.133. The molecule has 6 rings (SSSR count). The predicted molar refractivity (Wildman–Crippen MR) is 184 cm³/mol. The molecule has 4 aromatic rings. The van der Waals surface area contributed by atoms with Crippen LogP contribution in [0, 0.1) is 26.6 Å². The Bertz CT molecular complexity index is 1880. The molecule has 7 nitrogen and oxygen atoms in total. The Labute approximate surface area is 271 Å². The van der Waals surface area contributed by atoms with Gasteiger partial charge >= 0.3 is 0 Å². The number of sulfonamides is 1. The molecule has 46 heavy (non-hydrogen) atoms. The Morgan fingerprint density at radius 2 is 1.59 bits per heavy atom. The van der Waals surface area contributed by atoms with Crippen molar-refractivity contribution in [2.24, 2.45) is 0 Å². The van der Waals surface area contributed by atoms with E-state index in [0.29, 0.717) is 43.9 Å². The second-order valence-electron chi connectivity index (χ2n) is 12.4. The maximum Gasteiger partial charge on any atom is 0.246 e. The van der Waals surface area contributed by atoms with E-state index in [-0.39, 0.29) is 24.8 Å². The third-order valence-electron chi connectivity index (χ3n) is 9.42. The third-order valence-corrected chi connectivity index (χ3v) is 11.6. The fourth-order valence-electron chi connectivity index (χ4n) is 6.94. The van der Waals surface area contributed by atoms with E-state index in [0.717, 1.165) is 16.5 Å². The zero-order valence-electron chi connectivity index (χ0n) is 26.7. The number of hydrogen-bond acceptors (Lipinski definition) is 5. The number of hydrogen-bond donors (Lipinski definition) is 0. The van der Waals surface area contributed by atoms with Gasteiger partial charge in [0.2, 0.25) is 15.9 Å². The lowest BCUT2D eigenvalue weighted by atomic mass is 10.0. The third kappa shape index (κ3) is 6.01. The van der Waals surface area contributed by atoms with Gasteiger partial charge < -0.3 is 14.7 Å². The summed E-state index contributed by atoms with van der Waals surface area (Å²) in [5, 5.41) is 0.828. The van der Waals surface area contributed by atoms with E-state index in [1.807, 2.05) is 59.2 Å². The number of nitrogens with zero attached hydrogens (tertiary/aromatic N) is 4. The highest BCUT2D eigenvalue weighted by Crippen LogP contribution is 2.35. The Kier molecular flexibility index (Phi) is 8.90. The minimum Gasteiger partial charge on any atom is -0.368 e. The van der Waals surface area contributed by atoms with Crippen LogP contribution in [0.1, 0.15) is 27.5 Å². The van der Waals surface area contributed by atoms with Gasteiger partial charge in [-0.1, -0.05) is 60.7 Å². The largest absolute Gasteiger partial charge is 0.368 e. The first-order chi connectivity index (χ1) is 22.1. The van der Waals surface area contributed by atoms with Gasteiger partial charge in [0.15, 0.2) is 0 Å². The van der Waals surface area contributed by atoms with E-state index in [1.165, 1.54) is 39.3 Å². The second kappa shape index (κ2) is 12.9. The minimum absolute atomic E-state index is 0.00963. The van der Waals surface area contributed by atoms with Gasteiger partial charge in [0, 0.05) is 57.2 Å². The topological polar surface area (TPSA) is 64.2 Å². The summed E-state index contributed by atoms with van der Waals surface area (Å²) in [5.41, 5.74) is 5.66. The summed E-state index contributed by atoms with van der Waals surface area (Å²) in [7, 11) is -3.94. The maximum absolute atomic E-state index is 14.4. The van der Waals surface area contributed by atoms with Gasteiger partial charge in [-0.2, -0.15) is 4.31 Å². The first kappa shape index (κ1) is 31.8. The Hall–Kier alpha value is -4.21. The molecule has 2 atom stereocenters. The first-order valence-electron chi connectivity index (χ1n) is 15.8. The fourth-order valence-corrected chi connectivity index (χ4v) is 8.71. The number of carbonyl (C=O) groups excluding carboxylic acids is 1. The van der Waals surface area contributed by atoms with E-state index in [4.69, 9.17) is 0 Å². The zero-order chi connectivity index (χ0) is 32.6. The Morgan fingerprint density at radius 1 is 0.848 bits per heavy atom. The number of fused-ring (bicyclic) bond motifs is 1. The van der Waals surface area contributed by atoms with Crippen LogP contribution >= 0.6 is 0 Å². The van der Waals surface area contributed by atoms with Crippen LogP contribution in [0.3, 0.4) is 0 Å². The molecule has 0 N–H and O–H groups in total. The number of aryl methyl sites for hydroxylation is 3. The van der Waals surface area contributed by atoms with Crippen LogP contribution in [0.25, 0.3) is 10.8 Å². The van der Waals surface area contributed by atoms with Crippen molar-refractivity contribution in [3.63, 3.8) is 0 Å². The molecule has 0 saturated carbocycles. The molecule has 2 aliphatic heterocycles. The van der Waals surface area contributed by atoms with Crippen LogP contribution in [0.15, 0.2) is 91.5 Å². The van der Waals surface area contributed by atoms with Crippen molar-refractivity contribution in [2.75, 3.05) is 55.6 Å². The highest BCUT2D eigenvalue weighted by atomic mass is 32.2. The van der Waals surface area contributed by atoms with Crippen molar-refractivity contribution >= 4 is 38.1 Å². The zero-order valence-corrected chi connectivity index (χ0v) is 27.5. The molecule has 2 aliphatic rings. The number of rotatable bonds is 7. The van der Waals surface area contributed by atoms with Gasteiger partial charge in [-0.25, -0.2) is 12.8 Å². The van der Waals surface area contributed by atoms with E-state index in [9.17, 15) is 17.6 Å². The molecule has 1 amide bonds. The SMILES string of the molecule is C=CC(c1cccc2ccccc12)S(=O)(=O)N1CCN(c2ccc(F)cc2C)C(C(=O)N2CCN(c3cc(C)ccc3C)CC2)C1. The van der Waals surface area contributed by atoms with Gasteiger partial charge in [-0.15, -0.1) is 6.58 Å². The van der Waals surface area contributed by atoms with Gasteiger partial charge in [-0.05, 0) is 78.1 Å². The number of carbonyl (C=O) groups is 1. The lowest BCUT2D eigenvalue weighted by Gasteiger charge is -2.45. The fraction of sp³-hybridized carbons (Fsp3) is 0.324. The molecule has 0 radical (unpaired) electrons. The monoisotopic (exact) mass is 640 g/mol. The van der Waals surface area contributed by atoms with Crippen molar-refractivity contribution in [1.82, 2.24) is 9.21 Å². The van der Waals surface area contributed by atoms with Gasteiger partial charge in [-0.3, -0.25) is 4.79 Å². The molecular formula is C37H41FN4O3S. The molecular weight excluding hydrogens is 599 g/mol. The number of anilines is 2. The molecule has 240 valence electrons. The van der Waals surface area contributed by atoms with Crippen molar-refractivity contribution in [2.45, 2.75) is 32.1 Å². The van der Waals surface area contributed by atoms with E-state index < -0.39 is 21.3 Å². The first-order valence-corrected chi connectivity index (χ1v) is 17.3. The molecule has 2 fully saturated rings. The average Bonchev–Trinajstić information content (AvgIpc) is 3.06. The molecule has 4 aromatic carbocycles. The van der Waals surface area contributed by atoms with Gasteiger partial charge in [0.05, 0.1) is 0 Å². The summed E-state index contributed by atoms with van der Waals surface area (Å²) >= 11 is 0. The molecule has 0 spiro atoms.